The quantitative estimate of drug-likeness (QED) is 0.0968. The van der Waals surface area contributed by atoms with Crippen molar-refractivity contribution >= 4 is 11.9 Å². The van der Waals surface area contributed by atoms with E-state index in [2.05, 4.69) is 20.8 Å². The molecule has 5 saturated carbocycles. The van der Waals surface area contributed by atoms with E-state index in [1.54, 1.807) is 6.92 Å². The lowest BCUT2D eigenvalue weighted by atomic mass is 9.41. The van der Waals surface area contributed by atoms with Crippen molar-refractivity contribution in [3.63, 3.8) is 0 Å². The third-order valence-corrected chi connectivity index (χ3v) is 17.7. The molecule has 21 unspecified atom stereocenters. The van der Waals surface area contributed by atoms with Crippen molar-refractivity contribution in [2.24, 2.45) is 50.7 Å². The largest absolute Gasteiger partial charge is 0.481 e. The second kappa shape index (κ2) is 15.5. The Bertz CT molecular complexity index is 1590. The van der Waals surface area contributed by atoms with Crippen LogP contribution in [0.5, 0.6) is 0 Å². The molecule has 0 aromatic rings. The van der Waals surface area contributed by atoms with E-state index in [1.807, 2.05) is 13.0 Å². The summed E-state index contributed by atoms with van der Waals surface area (Å²) in [7, 11) is 0. The molecule has 16 nitrogen and oxygen atoms in total. The Kier molecular flexibility index (Phi) is 11.8. The molecule has 7 fully saturated rings. The first-order chi connectivity index (χ1) is 27.2. The summed E-state index contributed by atoms with van der Waals surface area (Å²) in [4.78, 5) is 25.8. The summed E-state index contributed by atoms with van der Waals surface area (Å²) in [6.45, 7) is 9.72. The van der Waals surface area contributed by atoms with Crippen LogP contribution in [0.15, 0.2) is 11.6 Å². The number of aliphatic hydroxyl groups is 8. The van der Waals surface area contributed by atoms with Gasteiger partial charge >= 0.3 is 11.9 Å². The Morgan fingerprint density at radius 3 is 2.09 bits per heavy atom. The molecule has 7 aliphatic rings. The zero-order chi connectivity index (χ0) is 42.5. The number of hydrogen-bond donors (Lipinski definition) is 10. The fourth-order valence-electron chi connectivity index (χ4n) is 14.1. The lowest BCUT2D eigenvalue weighted by Gasteiger charge is -2.63. The lowest BCUT2D eigenvalue weighted by Crippen LogP contribution is -2.66. The first kappa shape index (κ1) is 44.3. The van der Waals surface area contributed by atoms with Crippen molar-refractivity contribution in [3.8, 4) is 0 Å². The topological polar surface area (TPSA) is 273 Å². The van der Waals surface area contributed by atoms with Crippen molar-refractivity contribution in [1.82, 2.24) is 0 Å². The van der Waals surface area contributed by atoms with Gasteiger partial charge < -0.3 is 70.0 Å². The minimum Gasteiger partial charge on any atom is -0.481 e. The molecule has 2 aliphatic heterocycles. The van der Waals surface area contributed by atoms with Crippen molar-refractivity contribution in [2.45, 2.75) is 172 Å². The predicted molar refractivity (Wildman–Crippen MR) is 201 cm³/mol. The Balaban J connectivity index is 1.13. The highest BCUT2D eigenvalue weighted by atomic mass is 16.8. The number of rotatable bonds is 12. The van der Waals surface area contributed by atoms with E-state index in [0.717, 1.165) is 44.1 Å². The summed E-state index contributed by atoms with van der Waals surface area (Å²) in [5.41, 5.74) is -1.01. The third kappa shape index (κ3) is 6.37. The van der Waals surface area contributed by atoms with Crippen molar-refractivity contribution in [1.29, 1.82) is 0 Å². The van der Waals surface area contributed by atoms with Gasteiger partial charge in [0.15, 0.2) is 18.7 Å². The van der Waals surface area contributed by atoms with E-state index >= 15 is 0 Å². The normalized spacial score (nSPS) is 52.4. The number of carboxylic acids is 2. The summed E-state index contributed by atoms with van der Waals surface area (Å²) in [6, 6.07) is 0. The molecule has 0 amide bonds. The Morgan fingerprint density at radius 1 is 0.776 bits per heavy atom. The van der Waals surface area contributed by atoms with Crippen LogP contribution in [0.1, 0.15) is 98.8 Å². The van der Waals surface area contributed by atoms with E-state index < -0.39 is 97.6 Å². The maximum absolute atomic E-state index is 13.7. The van der Waals surface area contributed by atoms with Gasteiger partial charge in [0.2, 0.25) is 0 Å². The van der Waals surface area contributed by atoms with Gasteiger partial charge in [-0.1, -0.05) is 32.4 Å². The van der Waals surface area contributed by atoms with Crippen LogP contribution in [0.25, 0.3) is 0 Å². The maximum atomic E-state index is 13.7. The molecule has 10 N–H and O–H groups in total. The SMILES string of the molecule is C/C(=C\CC(O)C(C)C1CCC2(C)C3CCC4C(C)(C(=O)O)C(OC5OC(C(=O)O)C(O)C(O)C5OC5OC(CO)C(O)C(O)C5O)CCC45CC35CCC12C)CO. The fraction of sp³-hybridized carbons (Fsp3) is 0.905. The molecule has 2 heterocycles. The van der Waals surface area contributed by atoms with Crippen molar-refractivity contribution in [2.75, 3.05) is 13.2 Å². The van der Waals surface area contributed by atoms with E-state index in [0.29, 0.717) is 31.1 Å². The summed E-state index contributed by atoms with van der Waals surface area (Å²) in [5, 5.41) is 105. The number of carbonyl (C=O) groups is 2. The zero-order valence-corrected chi connectivity index (χ0v) is 34.2. The molecule has 21 atom stereocenters. The smallest absolute Gasteiger partial charge is 0.335 e. The zero-order valence-electron chi connectivity index (χ0n) is 34.2. The highest BCUT2D eigenvalue weighted by Gasteiger charge is 2.83. The molecule has 2 spiro atoms. The highest BCUT2D eigenvalue weighted by molar-refractivity contribution is 5.76. The Labute approximate surface area is 339 Å². The average molecular weight is 827 g/mol. The first-order valence-electron chi connectivity index (χ1n) is 21.2. The molecule has 5 aliphatic carbocycles. The summed E-state index contributed by atoms with van der Waals surface area (Å²) in [6.07, 6.45) is -10.1. The Hall–Kier alpha value is -1.80. The van der Waals surface area contributed by atoms with Crippen LogP contribution in [0.2, 0.25) is 0 Å². The number of hydrogen-bond acceptors (Lipinski definition) is 14. The molecule has 0 bridgehead atoms. The number of carboxylic acid groups (broad SMARTS) is 2. The first-order valence-corrected chi connectivity index (χ1v) is 21.2. The highest BCUT2D eigenvalue weighted by Crippen LogP contribution is 2.89. The van der Waals surface area contributed by atoms with Crippen molar-refractivity contribution < 1.29 is 79.6 Å². The van der Waals surface area contributed by atoms with E-state index in [-0.39, 0.29) is 46.5 Å². The summed E-state index contributed by atoms with van der Waals surface area (Å²) < 4.78 is 23.5. The van der Waals surface area contributed by atoms with Crippen LogP contribution in [0.4, 0.5) is 0 Å². The Morgan fingerprint density at radius 2 is 1.45 bits per heavy atom. The molecule has 16 heteroatoms. The number of aliphatic hydroxyl groups excluding tert-OH is 8. The summed E-state index contributed by atoms with van der Waals surface area (Å²) >= 11 is 0. The fourth-order valence-corrected chi connectivity index (χ4v) is 14.1. The van der Waals surface area contributed by atoms with Gasteiger partial charge in [-0.25, -0.2) is 4.79 Å². The van der Waals surface area contributed by atoms with Gasteiger partial charge in [-0.2, -0.15) is 0 Å². The minimum atomic E-state index is -2.04. The molecule has 0 aromatic heterocycles. The van der Waals surface area contributed by atoms with Crippen molar-refractivity contribution in [3.05, 3.63) is 11.6 Å². The molecular weight excluding hydrogens is 760 g/mol. The number of ether oxygens (including phenoxy) is 4. The van der Waals surface area contributed by atoms with Gasteiger partial charge in [-0.05, 0) is 123 Å². The van der Waals surface area contributed by atoms with Crippen LogP contribution in [-0.2, 0) is 28.5 Å². The van der Waals surface area contributed by atoms with Gasteiger partial charge in [0.25, 0.3) is 0 Å². The van der Waals surface area contributed by atoms with Crippen LogP contribution >= 0.6 is 0 Å². The lowest BCUT2D eigenvalue weighted by molar-refractivity contribution is -0.373. The van der Waals surface area contributed by atoms with E-state index in [4.69, 9.17) is 18.9 Å². The maximum Gasteiger partial charge on any atom is 0.335 e. The minimum absolute atomic E-state index is 0.0179. The van der Waals surface area contributed by atoms with E-state index in [1.165, 1.54) is 0 Å². The van der Waals surface area contributed by atoms with Crippen LogP contribution in [0, 0.1) is 50.7 Å². The molecule has 7 rings (SSSR count). The number of aliphatic carboxylic acids is 2. The van der Waals surface area contributed by atoms with Crippen LogP contribution < -0.4 is 0 Å². The average Bonchev–Trinajstić information content (AvgIpc) is 3.78. The standard InChI is InChI=1S/C42H66O16/c1-19(16-43)6-7-22(45)20(2)21-10-12-39(4)24-8-9-25-40(5,37(53)54)26(11-13-41(25)18-42(24,41)15-14-38(21,39)3)56-36-33(30(49)29(48)32(57-36)34(51)52)58-35-31(50)28(47)27(46)23(17-44)55-35/h6,20-33,35-36,43-50H,7-18H2,1-5H3,(H,51,52)(H,53,54)/b19-6+. The van der Waals surface area contributed by atoms with E-state index in [9.17, 15) is 60.7 Å². The molecule has 58 heavy (non-hydrogen) atoms. The second-order valence-corrected chi connectivity index (χ2v) is 19.8. The van der Waals surface area contributed by atoms with Crippen LogP contribution in [-0.4, -0.2) is 150 Å². The number of fused-ring (bicyclic) bond motifs is 2. The van der Waals surface area contributed by atoms with Gasteiger partial charge in [0.05, 0.1) is 30.8 Å². The molecule has 0 radical (unpaired) electrons. The van der Waals surface area contributed by atoms with Crippen LogP contribution in [0.3, 0.4) is 0 Å². The third-order valence-electron chi connectivity index (χ3n) is 17.7. The van der Waals surface area contributed by atoms with Gasteiger partial charge in [-0.3, -0.25) is 4.79 Å². The molecule has 2 saturated heterocycles. The van der Waals surface area contributed by atoms with Gasteiger partial charge in [-0.15, -0.1) is 0 Å². The second-order valence-electron chi connectivity index (χ2n) is 19.8. The monoisotopic (exact) mass is 826 g/mol. The molecule has 0 aromatic carbocycles. The van der Waals surface area contributed by atoms with Gasteiger partial charge in [0.1, 0.15) is 42.7 Å². The molecular formula is C42H66O16. The molecule has 330 valence electrons. The summed E-state index contributed by atoms with van der Waals surface area (Å²) in [5.74, 6) is -2.27. The van der Waals surface area contributed by atoms with Gasteiger partial charge in [0, 0.05) is 0 Å². The predicted octanol–water partition coefficient (Wildman–Crippen LogP) is 0.918.